The van der Waals surface area contributed by atoms with E-state index in [1.54, 1.807) is 12.1 Å². The largest absolute Gasteiger partial charge is 0.312 e. The normalized spacial score (nSPS) is 10.7. The van der Waals surface area contributed by atoms with Crippen molar-refractivity contribution in [3.63, 3.8) is 0 Å². The molecule has 0 saturated carbocycles. The number of nitrogens with one attached hydrogen (secondary N) is 1. The average Bonchev–Trinajstić information content (AvgIpc) is 2.37. The van der Waals surface area contributed by atoms with Crippen molar-refractivity contribution < 1.29 is 8.78 Å². The topological polar surface area (TPSA) is 12.0 Å². The van der Waals surface area contributed by atoms with Gasteiger partial charge >= 0.3 is 0 Å². The van der Waals surface area contributed by atoms with Crippen LogP contribution in [0.4, 0.5) is 8.78 Å². The van der Waals surface area contributed by atoms with E-state index < -0.39 is 0 Å². The van der Waals surface area contributed by atoms with Crippen LogP contribution in [0.3, 0.4) is 0 Å². The minimum absolute atomic E-state index is 0.226. The molecule has 0 amide bonds. The predicted octanol–water partition coefficient (Wildman–Crippen LogP) is 4.06. The lowest BCUT2D eigenvalue weighted by Crippen LogP contribution is -2.17. The number of rotatable bonds is 5. The molecule has 19 heavy (non-hydrogen) atoms. The van der Waals surface area contributed by atoms with E-state index in [2.05, 4.69) is 21.2 Å². The first-order chi connectivity index (χ1) is 9.15. The maximum atomic E-state index is 13.5. The van der Waals surface area contributed by atoms with Gasteiger partial charge in [0.25, 0.3) is 0 Å². The summed E-state index contributed by atoms with van der Waals surface area (Å²) in [5.41, 5.74) is 1.56. The van der Waals surface area contributed by atoms with Crippen molar-refractivity contribution in [3.05, 3.63) is 69.7 Å². The van der Waals surface area contributed by atoms with Crippen LogP contribution in [0.15, 0.2) is 46.9 Å². The van der Waals surface area contributed by atoms with Gasteiger partial charge in [-0.2, -0.15) is 0 Å². The van der Waals surface area contributed by atoms with Gasteiger partial charge in [0.05, 0.1) is 0 Å². The third-order valence-corrected chi connectivity index (χ3v) is 3.30. The highest BCUT2D eigenvalue weighted by Crippen LogP contribution is 2.15. The summed E-state index contributed by atoms with van der Waals surface area (Å²) in [4.78, 5) is 0. The van der Waals surface area contributed by atoms with E-state index in [0.29, 0.717) is 18.7 Å². The van der Waals surface area contributed by atoms with Crippen molar-refractivity contribution in [1.29, 1.82) is 0 Å². The SMILES string of the molecule is Fc1cccc(CCNCc2ccc(Br)cc2F)c1. The number of hydrogen-bond donors (Lipinski definition) is 1. The fourth-order valence-corrected chi connectivity index (χ4v) is 2.15. The quantitative estimate of drug-likeness (QED) is 0.817. The summed E-state index contributed by atoms with van der Waals surface area (Å²) in [5.74, 6) is -0.455. The molecule has 0 fully saturated rings. The highest BCUT2D eigenvalue weighted by atomic mass is 79.9. The van der Waals surface area contributed by atoms with Gasteiger partial charge in [-0.1, -0.05) is 34.1 Å². The molecule has 4 heteroatoms. The highest BCUT2D eigenvalue weighted by molar-refractivity contribution is 9.10. The Labute approximate surface area is 119 Å². The van der Waals surface area contributed by atoms with Gasteiger partial charge < -0.3 is 5.32 Å². The summed E-state index contributed by atoms with van der Waals surface area (Å²) in [7, 11) is 0. The molecule has 2 aromatic rings. The molecule has 0 bridgehead atoms. The molecule has 0 aliphatic rings. The predicted molar refractivity (Wildman–Crippen MR) is 75.9 cm³/mol. The Morgan fingerprint density at radius 1 is 1.05 bits per heavy atom. The van der Waals surface area contributed by atoms with Crippen molar-refractivity contribution in [3.8, 4) is 0 Å². The second-order valence-corrected chi connectivity index (χ2v) is 5.21. The van der Waals surface area contributed by atoms with Gasteiger partial charge in [-0.05, 0) is 42.8 Å². The average molecular weight is 326 g/mol. The van der Waals surface area contributed by atoms with Gasteiger partial charge in [0, 0.05) is 16.6 Å². The standard InChI is InChI=1S/C15H14BrF2N/c16-13-5-4-12(15(18)9-13)10-19-7-6-11-2-1-3-14(17)8-11/h1-5,8-9,19H,6-7,10H2. The van der Waals surface area contributed by atoms with Crippen molar-refractivity contribution in [2.24, 2.45) is 0 Å². The van der Waals surface area contributed by atoms with E-state index in [-0.39, 0.29) is 11.6 Å². The van der Waals surface area contributed by atoms with Gasteiger partial charge in [0.2, 0.25) is 0 Å². The Morgan fingerprint density at radius 3 is 2.63 bits per heavy atom. The molecule has 100 valence electrons. The zero-order chi connectivity index (χ0) is 13.7. The molecule has 0 atom stereocenters. The summed E-state index contributed by atoms with van der Waals surface area (Å²) in [6.45, 7) is 1.15. The molecule has 0 aromatic heterocycles. The lowest BCUT2D eigenvalue weighted by atomic mass is 10.1. The van der Waals surface area contributed by atoms with Crippen LogP contribution in [0, 0.1) is 11.6 Å². The minimum Gasteiger partial charge on any atom is -0.312 e. The summed E-state index contributed by atoms with van der Waals surface area (Å²) in [6.07, 6.45) is 0.718. The monoisotopic (exact) mass is 325 g/mol. The smallest absolute Gasteiger partial charge is 0.128 e. The third-order valence-electron chi connectivity index (χ3n) is 2.81. The fraction of sp³-hybridized carbons (Fsp3) is 0.200. The molecule has 0 heterocycles. The van der Waals surface area contributed by atoms with Crippen molar-refractivity contribution in [1.82, 2.24) is 5.32 Å². The fourth-order valence-electron chi connectivity index (χ4n) is 1.81. The van der Waals surface area contributed by atoms with Crippen LogP contribution >= 0.6 is 15.9 Å². The summed E-state index contributed by atoms with van der Waals surface area (Å²) in [5, 5.41) is 3.15. The van der Waals surface area contributed by atoms with Crippen molar-refractivity contribution in [2.45, 2.75) is 13.0 Å². The van der Waals surface area contributed by atoms with E-state index >= 15 is 0 Å². The molecular formula is C15H14BrF2N. The zero-order valence-electron chi connectivity index (χ0n) is 10.3. The Bertz CT molecular complexity index is 558. The molecule has 0 radical (unpaired) electrons. The van der Waals surface area contributed by atoms with Gasteiger partial charge in [0.15, 0.2) is 0 Å². The maximum Gasteiger partial charge on any atom is 0.128 e. The van der Waals surface area contributed by atoms with E-state index in [0.717, 1.165) is 16.5 Å². The summed E-state index contributed by atoms with van der Waals surface area (Å²) >= 11 is 3.22. The van der Waals surface area contributed by atoms with E-state index in [1.165, 1.54) is 18.2 Å². The summed E-state index contributed by atoms with van der Waals surface area (Å²) < 4.78 is 27.2. The number of hydrogen-bond acceptors (Lipinski definition) is 1. The Morgan fingerprint density at radius 2 is 1.89 bits per heavy atom. The van der Waals surface area contributed by atoms with Crippen LogP contribution in [-0.2, 0) is 13.0 Å². The molecule has 0 saturated heterocycles. The second-order valence-electron chi connectivity index (χ2n) is 4.29. The Hall–Kier alpha value is -1.26. The second kappa shape index (κ2) is 6.78. The first kappa shape index (κ1) is 14.2. The van der Waals surface area contributed by atoms with Crippen molar-refractivity contribution in [2.75, 3.05) is 6.54 Å². The zero-order valence-corrected chi connectivity index (χ0v) is 11.9. The molecule has 1 nitrogen and oxygen atoms in total. The molecule has 0 unspecified atom stereocenters. The Kier molecular flexibility index (Phi) is 5.05. The molecule has 0 aliphatic heterocycles. The Balaban J connectivity index is 1.81. The van der Waals surface area contributed by atoms with E-state index in [9.17, 15) is 8.78 Å². The third kappa shape index (κ3) is 4.40. The van der Waals surface area contributed by atoms with Crippen LogP contribution < -0.4 is 5.32 Å². The number of benzene rings is 2. The summed E-state index contributed by atoms with van der Waals surface area (Å²) in [6, 6.07) is 11.5. The van der Waals surface area contributed by atoms with Crippen LogP contribution in [0.1, 0.15) is 11.1 Å². The lowest BCUT2D eigenvalue weighted by molar-refractivity contribution is 0.587. The lowest BCUT2D eigenvalue weighted by Gasteiger charge is -2.06. The number of halogens is 3. The maximum absolute atomic E-state index is 13.5. The van der Waals surface area contributed by atoms with E-state index in [1.807, 2.05) is 12.1 Å². The van der Waals surface area contributed by atoms with E-state index in [4.69, 9.17) is 0 Å². The minimum atomic E-state index is -0.229. The van der Waals surface area contributed by atoms with Crippen LogP contribution in [-0.4, -0.2) is 6.54 Å². The van der Waals surface area contributed by atoms with Crippen molar-refractivity contribution >= 4 is 15.9 Å². The highest BCUT2D eigenvalue weighted by Gasteiger charge is 2.02. The molecule has 1 N–H and O–H groups in total. The van der Waals surface area contributed by atoms with Crippen LogP contribution in [0.5, 0.6) is 0 Å². The first-order valence-corrected chi connectivity index (χ1v) is 6.83. The molecule has 0 spiro atoms. The molecule has 0 aliphatic carbocycles. The van der Waals surface area contributed by atoms with Crippen LogP contribution in [0.2, 0.25) is 0 Å². The van der Waals surface area contributed by atoms with Gasteiger partial charge in [0.1, 0.15) is 11.6 Å². The molecular weight excluding hydrogens is 312 g/mol. The molecule has 2 rings (SSSR count). The molecule has 2 aromatic carbocycles. The first-order valence-electron chi connectivity index (χ1n) is 6.04. The van der Waals surface area contributed by atoms with Crippen LogP contribution in [0.25, 0.3) is 0 Å². The van der Waals surface area contributed by atoms with Gasteiger partial charge in [-0.25, -0.2) is 8.78 Å². The van der Waals surface area contributed by atoms with Gasteiger partial charge in [-0.15, -0.1) is 0 Å². The van der Waals surface area contributed by atoms with Gasteiger partial charge in [-0.3, -0.25) is 0 Å².